The maximum atomic E-state index is 10.6. The van der Waals surface area contributed by atoms with Gasteiger partial charge in [0.05, 0.1) is 12.5 Å². The number of benzene rings is 2. The number of carbonyl (C=O) groups excluding carboxylic acids is 1. The van der Waals surface area contributed by atoms with Gasteiger partial charge in [-0.3, -0.25) is 0 Å². The van der Waals surface area contributed by atoms with Crippen molar-refractivity contribution in [3.05, 3.63) is 60.9 Å². The average Bonchev–Trinajstić information content (AvgIpc) is 3.18. The van der Waals surface area contributed by atoms with Crippen LogP contribution < -0.4 is 10.1 Å². The third-order valence-electron chi connectivity index (χ3n) is 4.69. The van der Waals surface area contributed by atoms with Crippen molar-refractivity contribution in [3.8, 4) is 28.2 Å². The summed E-state index contributed by atoms with van der Waals surface area (Å²) in [5, 5.41) is 4.15. The van der Waals surface area contributed by atoms with Crippen molar-refractivity contribution in [3.63, 3.8) is 0 Å². The van der Waals surface area contributed by atoms with Gasteiger partial charge in [0, 0.05) is 24.1 Å². The zero-order valence-electron chi connectivity index (χ0n) is 16.1. The topological polar surface area (TPSA) is 77.2 Å². The van der Waals surface area contributed by atoms with Crippen molar-refractivity contribution in [2.75, 3.05) is 19.0 Å². The van der Waals surface area contributed by atoms with Crippen LogP contribution in [0.4, 0.5) is 5.82 Å². The molecule has 0 amide bonds. The number of hydrogen-bond donors (Lipinski definition) is 1. The number of hydrogen-bond acceptors (Lipinski definition) is 6. The van der Waals surface area contributed by atoms with Crippen LogP contribution in [0.15, 0.2) is 65.3 Å². The lowest BCUT2D eigenvalue weighted by molar-refractivity contribution is -0.107. The zero-order chi connectivity index (χ0) is 20.1. The van der Waals surface area contributed by atoms with E-state index in [2.05, 4.69) is 15.3 Å². The van der Waals surface area contributed by atoms with E-state index < -0.39 is 0 Å². The Morgan fingerprint density at radius 2 is 1.83 bits per heavy atom. The molecule has 0 fully saturated rings. The number of ether oxygens (including phenoxy) is 1. The fourth-order valence-electron chi connectivity index (χ4n) is 3.29. The fourth-order valence-corrected chi connectivity index (χ4v) is 3.29. The largest absolute Gasteiger partial charge is 0.497 e. The number of carbonyl (C=O) groups is 1. The lowest BCUT2D eigenvalue weighted by atomic mass is 9.99. The molecule has 0 bridgehead atoms. The maximum absolute atomic E-state index is 10.6. The summed E-state index contributed by atoms with van der Waals surface area (Å²) in [4.78, 5) is 19.4. The number of anilines is 1. The number of nitrogens with one attached hydrogen (secondary N) is 1. The second-order valence-electron chi connectivity index (χ2n) is 6.54. The van der Waals surface area contributed by atoms with E-state index in [9.17, 15) is 4.79 Å². The van der Waals surface area contributed by atoms with Gasteiger partial charge in [-0.05, 0) is 24.1 Å². The van der Waals surface area contributed by atoms with Crippen molar-refractivity contribution in [1.82, 2.24) is 9.97 Å². The summed E-state index contributed by atoms with van der Waals surface area (Å²) in [6.07, 6.45) is 3.65. The van der Waals surface area contributed by atoms with Gasteiger partial charge in [0.1, 0.15) is 29.9 Å². The van der Waals surface area contributed by atoms with E-state index in [1.54, 1.807) is 7.11 Å². The highest BCUT2D eigenvalue weighted by molar-refractivity contribution is 6.05. The number of rotatable bonds is 8. The van der Waals surface area contributed by atoms with Crippen molar-refractivity contribution in [2.45, 2.75) is 12.8 Å². The van der Waals surface area contributed by atoms with Gasteiger partial charge in [-0.15, -0.1) is 0 Å². The molecule has 2 heterocycles. The third kappa shape index (κ3) is 3.82. The molecule has 0 spiro atoms. The fraction of sp³-hybridized carbons (Fsp3) is 0.174. The van der Waals surface area contributed by atoms with Gasteiger partial charge in [0.25, 0.3) is 0 Å². The summed E-state index contributed by atoms with van der Waals surface area (Å²) in [6.45, 7) is 0.638. The van der Waals surface area contributed by atoms with Crippen LogP contribution in [0.5, 0.6) is 5.75 Å². The van der Waals surface area contributed by atoms with Crippen molar-refractivity contribution in [1.29, 1.82) is 0 Å². The minimum absolute atomic E-state index is 0.507. The number of aromatic nitrogens is 2. The van der Waals surface area contributed by atoms with E-state index >= 15 is 0 Å². The van der Waals surface area contributed by atoms with Gasteiger partial charge < -0.3 is 19.3 Å². The molecule has 4 rings (SSSR count). The van der Waals surface area contributed by atoms with Crippen LogP contribution in [-0.2, 0) is 4.79 Å². The van der Waals surface area contributed by atoms with Crippen LogP contribution in [0.2, 0.25) is 0 Å². The van der Waals surface area contributed by atoms with Gasteiger partial charge in [-0.2, -0.15) is 0 Å². The first kappa shape index (κ1) is 18.7. The van der Waals surface area contributed by atoms with E-state index in [-0.39, 0.29) is 0 Å². The van der Waals surface area contributed by atoms with Crippen LogP contribution in [0, 0.1) is 0 Å². The van der Waals surface area contributed by atoms with Crippen molar-refractivity contribution < 1.29 is 13.9 Å². The zero-order valence-corrected chi connectivity index (χ0v) is 16.1. The molecule has 0 saturated heterocycles. The molecule has 0 unspecified atom stereocenters. The summed E-state index contributed by atoms with van der Waals surface area (Å²) in [5.74, 6) is 2.21. The maximum Gasteiger partial charge on any atom is 0.232 e. The standard InChI is InChI=1S/C23H21N3O3/c1-28-18-11-9-16(10-12-18)19-20-22(24-13-5-6-14-27)25-15-26-23(20)29-21(19)17-7-3-2-4-8-17/h2-4,7-12,14-15H,5-6,13H2,1H3,(H,24,25,26). The smallest absolute Gasteiger partial charge is 0.232 e. The molecule has 6 nitrogen and oxygen atoms in total. The Hall–Kier alpha value is -3.67. The minimum atomic E-state index is 0.507. The number of furan rings is 1. The van der Waals surface area contributed by atoms with Crippen LogP contribution in [-0.4, -0.2) is 29.9 Å². The van der Waals surface area contributed by atoms with E-state index in [0.717, 1.165) is 46.3 Å². The normalized spacial score (nSPS) is 10.8. The molecule has 0 aliphatic rings. The molecule has 0 saturated carbocycles. The first-order chi connectivity index (χ1) is 14.3. The predicted molar refractivity (Wildman–Crippen MR) is 113 cm³/mol. The van der Waals surface area contributed by atoms with Gasteiger partial charge in [-0.25, -0.2) is 9.97 Å². The summed E-state index contributed by atoms with van der Waals surface area (Å²) < 4.78 is 11.5. The molecule has 1 N–H and O–H groups in total. The third-order valence-corrected chi connectivity index (χ3v) is 4.69. The number of nitrogens with zero attached hydrogens (tertiary/aromatic N) is 2. The van der Waals surface area contributed by atoms with E-state index in [0.29, 0.717) is 24.5 Å². The highest BCUT2D eigenvalue weighted by atomic mass is 16.5. The highest BCUT2D eigenvalue weighted by Crippen LogP contribution is 2.42. The van der Waals surface area contributed by atoms with Crippen LogP contribution >= 0.6 is 0 Å². The SMILES string of the molecule is COc1ccc(-c2c(-c3ccccc3)oc3ncnc(NCCCC=O)c23)cc1. The molecular weight excluding hydrogens is 366 g/mol. The molecule has 2 aromatic carbocycles. The van der Waals surface area contributed by atoms with Crippen molar-refractivity contribution in [2.24, 2.45) is 0 Å². The number of methoxy groups -OCH3 is 1. The Morgan fingerprint density at radius 1 is 1.03 bits per heavy atom. The van der Waals surface area contributed by atoms with E-state index in [1.807, 2.05) is 54.6 Å². The molecular formula is C23H21N3O3. The lowest BCUT2D eigenvalue weighted by Crippen LogP contribution is -2.04. The summed E-state index contributed by atoms with van der Waals surface area (Å²) in [6, 6.07) is 17.8. The second kappa shape index (κ2) is 8.56. The van der Waals surface area contributed by atoms with E-state index in [4.69, 9.17) is 9.15 Å². The Labute approximate surface area is 168 Å². The quantitative estimate of drug-likeness (QED) is 0.340. The Bertz CT molecular complexity index is 1110. The average molecular weight is 387 g/mol. The first-order valence-electron chi connectivity index (χ1n) is 9.46. The Balaban J connectivity index is 1.89. The number of fused-ring (bicyclic) bond motifs is 1. The predicted octanol–water partition coefficient (Wildman–Crippen LogP) is 4.96. The summed E-state index contributed by atoms with van der Waals surface area (Å²) >= 11 is 0. The van der Waals surface area contributed by atoms with Gasteiger partial charge in [-0.1, -0.05) is 42.5 Å². The monoisotopic (exact) mass is 387 g/mol. The highest BCUT2D eigenvalue weighted by Gasteiger charge is 2.22. The van der Waals surface area contributed by atoms with Gasteiger partial charge in [0.2, 0.25) is 5.71 Å². The second-order valence-corrected chi connectivity index (χ2v) is 6.54. The van der Waals surface area contributed by atoms with Crippen LogP contribution in [0.25, 0.3) is 33.6 Å². The number of aldehydes is 1. The molecule has 0 atom stereocenters. The molecule has 0 aliphatic carbocycles. The van der Waals surface area contributed by atoms with E-state index in [1.165, 1.54) is 6.33 Å². The van der Waals surface area contributed by atoms with Crippen LogP contribution in [0.3, 0.4) is 0 Å². The first-order valence-corrected chi connectivity index (χ1v) is 9.46. The van der Waals surface area contributed by atoms with Gasteiger partial charge >= 0.3 is 0 Å². The molecule has 29 heavy (non-hydrogen) atoms. The molecule has 4 aromatic rings. The van der Waals surface area contributed by atoms with Gasteiger partial charge in [0.15, 0.2) is 0 Å². The summed E-state index contributed by atoms with van der Waals surface area (Å²) in [7, 11) is 1.65. The molecule has 0 radical (unpaired) electrons. The Morgan fingerprint density at radius 3 is 2.55 bits per heavy atom. The summed E-state index contributed by atoms with van der Waals surface area (Å²) in [5.41, 5.74) is 3.38. The van der Waals surface area contributed by atoms with Crippen LogP contribution in [0.1, 0.15) is 12.8 Å². The molecule has 6 heteroatoms. The van der Waals surface area contributed by atoms with Crippen molar-refractivity contribution >= 4 is 23.2 Å². The molecule has 2 aromatic heterocycles. The molecule has 0 aliphatic heterocycles. The minimum Gasteiger partial charge on any atom is -0.497 e. The number of unbranched alkanes of at least 4 members (excludes halogenated alkanes) is 1. The lowest BCUT2D eigenvalue weighted by Gasteiger charge is -2.08. The molecule has 146 valence electrons. The Kier molecular flexibility index (Phi) is 5.52.